The molecule has 2 aromatic rings. The molecular formula is C22H22F3N5O6S. The largest absolute Gasteiger partial charge is 0.573 e. The molecule has 15 heteroatoms. The molecule has 3 amide bonds. The van der Waals surface area contributed by atoms with Crippen LogP contribution in [-0.2, 0) is 19.7 Å². The second-order valence-electron chi connectivity index (χ2n) is 8.85. The van der Waals surface area contributed by atoms with Crippen molar-refractivity contribution in [3.05, 3.63) is 42.6 Å². The monoisotopic (exact) mass is 541 g/mol. The molecule has 198 valence electrons. The van der Waals surface area contributed by atoms with E-state index < -0.39 is 39.8 Å². The van der Waals surface area contributed by atoms with Gasteiger partial charge in [-0.15, -0.1) is 13.2 Å². The zero-order valence-corrected chi connectivity index (χ0v) is 20.3. The normalized spacial score (nSPS) is 24.6. The van der Waals surface area contributed by atoms with Gasteiger partial charge in [0.05, 0.1) is 24.6 Å². The molecule has 2 saturated heterocycles. The number of carbonyl (C=O) groups excluding carboxylic acids is 2. The van der Waals surface area contributed by atoms with Crippen LogP contribution in [0.1, 0.15) is 13.3 Å². The summed E-state index contributed by atoms with van der Waals surface area (Å²) < 4.78 is 75.6. The number of imide groups is 1. The Bertz CT molecular complexity index is 1330. The number of pyridine rings is 1. The first-order valence-corrected chi connectivity index (χ1v) is 12.7. The van der Waals surface area contributed by atoms with Gasteiger partial charge in [-0.1, -0.05) is 6.92 Å². The molecule has 2 aliphatic heterocycles. The van der Waals surface area contributed by atoms with Crippen LogP contribution in [-0.4, -0.2) is 67.8 Å². The van der Waals surface area contributed by atoms with Gasteiger partial charge in [0.1, 0.15) is 17.1 Å². The number of rotatable bonds is 6. The summed E-state index contributed by atoms with van der Waals surface area (Å²) in [6, 6.07) is 6.53. The number of carbonyl (C=O) groups is 2. The van der Waals surface area contributed by atoms with Crippen LogP contribution < -0.4 is 19.3 Å². The predicted octanol–water partition coefficient (Wildman–Crippen LogP) is 2.72. The van der Waals surface area contributed by atoms with E-state index in [1.807, 2.05) is 0 Å². The van der Waals surface area contributed by atoms with E-state index in [0.29, 0.717) is 6.42 Å². The standard InChI is InChI=1S/C22H22F3N5O6S/c1-14-13-21(14)19(31)29(15-2-4-17(5-3-15)36-22(23,24)25)20(32)30(21)16-6-7-26-18(12-16)27-37(33,34)28-8-10-35-11-9-28/h2-7,12,14H,8-11,13H2,1H3,(H,26,27). The smallest absolute Gasteiger partial charge is 0.406 e. The lowest BCUT2D eigenvalue weighted by Gasteiger charge is -2.26. The van der Waals surface area contributed by atoms with Gasteiger partial charge in [0.2, 0.25) is 0 Å². The van der Waals surface area contributed by atoms with Gasteiger partial charge in [-0.05, 0) is 42.7 Å². The first-order valence-electron chi connectivity index (χ1n) is 11.3. The van der Waals surface area contributed by atoms with Crippen LogP contribution in [0.5, 0.6) is 5.75 Å². The lowest BCUT2D eigenvalue weighted by Crippen LogP contribution is -2.43. The Morgan fingerprint density at radius 2 is 1.76 bits per heavy atom. The molecule has 2 atom stereocenters. The van der Waals surface area contributed by atoms with Crippen molar-refractivity contribution in [2.45, 2.75) is 25.2 Å². The first kappa shape index (κ1) is 25.2. The summed E-state index contributed by atoms with van der Waals surface area (Å²) in [5.41, 5.74) is -0.871. The number of morpholine rings is 1. The molecule has 1 spiro atoms. The van der Waals surface area contributed by atoms with Crippen LogP contribution in [0.15, 0.2) is 42.6 Å². The molecule has 3 heterocycles. The van der Waals surface area contributed by atoms with Crippen LogP contribution in [0.4, 0.5) is 35.2 Å². The Hall–Kier alpha value is -3.43. The second kappa shape index (κ2) is 8.85. The Kier molecular flexibility index (Phi) is 6.03. The summed E-state index contributed by atoms with van der Waals surface area (Å²) in [5, 5.41) is 0. The van der Waals surface area contributed by atoms with Gasteiger partial charge in [0.15, 0.2) is 0 Å². The maximum absolute atomic E-state index is 13.5. The molecule has 3 fully saturated rings. The molecule has 1 saturated carbocycles. The van der Waals surface area contributed by atoms with Crippen molar-refractivity contribution < 1.29 is 40.7 Å². The van der Waals surface area contributed by atoms with Crippen LogP contribution in [0.2, 0.25) is 0 Å². The summed E-state index contributed by atoms with van der Waals surface area (Å²) in [4.78, 5) is 33.2. The van der Waals surface area contributed by atoms with E-state index in [1.165, 1.54) is 39.7 Å². The molecule has 3 aliphatic rings. The van der Waals surface area contributed by atoms with E-state index in [-0.39, 0.29) is 49.4 Å². The number of benzene rings is 1. The number of anilines is 3. The number of alkyl halides is 3. The number of nitrogens with zero attached hydrogens (tertiary/aromatic N) is 4. The fourth-order valence-corrected chi connectivity index (χ4v) is 5.76. The summed E-state index contributed by atoms with van der Waals surface area (Å²) in [7, 11) is -3.93. The van der Waals surface area contributed by atoms with Crippen molar-refractivity contribution >= 4 is 39.3 Å². The first-order chi connectivity index (χ1) is 17.4. The number of halogens is 3. The van der Waals surface area contributed by atoms with Crippen molar-refractivity contribution in [1.82, 2.24) is 9.29 Å². The molecule has 1 aliphatic carbocycles. The third kappa shape index (κ3) is 4.57. The van der Waals surface area contributed by atoms with Gasteiger partial charge in [0.25, 0.3) is 5.91 Å². The van der Waals surface area contributed by atoms with Gasteiger partial charge < -0.3 is 9.47 Å². The van der Waals surface area contributed by atoms with Gasteiger partial charge >= 0.3 is 22.6 Å². The van der Waals surface area contributed by atoms with E-state index in [1.54, 1.807) is 6.92 Å². The van der Waals surface area contributed by atoms with Gasteiger partial charge in [0, 0.05) is 25.4 Å². The highest BCUT2D eigenvalue weighted by Crippen LogP contribution is 2.55. The third-order valence-corrected chi connectivity index (χ3v) is 8.01. The summed E-state index contributed by atoms with van der Waals surface area (Å²) in [5.74, 6) is -1.27. The summed E-state index contributed by atoms with van der Waals surface area (Å²) >= 11 is 0. The lowest BCUT2D eigenvalue weighted by atomic mass is 10.1. The summed E-state index contributed by atoms with van der Waals surface area (Å²) in [6.07, 6.45) is -3.20. The van der Waals surface area contributed by atoms with E-state index in [9.17, 15) is 31.2 Å². The van der Waals surface area contributed by atoms with Crippen molar-refractivity contribution in [2.75, 3.05) is 40.8 Å². The average Bonchev–Trinajstić information content (AvgIpc) is 3.45. The Morgan fingerprint density at radius 1 is 1.11 bits per heavy atom. The molecular weight excluding hydrogens is 519 g/mol. The highest BCUT2D eigenvalue weighted by Gasteiger charge is 2.70. The minimum atomic E-state index is -4.88. The Labute approximate surface area is 209 Å². The molecule has 5 rings (SSSR count). The zero-order chi connectivity index (χ0) is 26.6. The van der Waals surface area contributed by atoms with Crippen molar-refractivity contribution in [2.24, 2.45) is 5.92 Å². The number of amides is 3. The third-order valence-electron chi connectivity index (χ3n) is 6.50. The number of aromatic nitrogens is 1. The molecule has 1 N–H and O–H groups in total. The zero-order valence-electron chi connectivity index (χ0n) is 19.4. The fraction of sp³-hybridized carbons (Fsp3) is 0.409. The van der Waals surface area contributed by atoms with Gasteiger partial charge in [-0.3, -0.25) is 14.4 Å². The topological polar surface area (TPSA) is 121 Å². The van der Waals surface area contributed by atoms with Gasteiger partial charge in [-0.25, -0.2) is 14.7 Å². The molecule has 37 heavy (non-hydrogen) atoms. The molecule has 0 bridgehead atoms. The van der Waals surface area contributed by atoms with E-state index in [0.717, 1.165) is 17.0 Å². The second-order valence-corrected chi connectivity index (χ2v) is 10.5. The van der Waals surface area contributed by atoms with Crippen LogP contribution in [0.25, 0.3) is 0 Å². The highest BCUT2D eigenvalue weighted by molar-refractivity contribution is 7.90. The SMILES string of the molecule is CC1CC12C(=O)N(c1ccc(OC(F)(F)F)cc1)C(=O)N2c1ccnc(NS(=O)(=O)N2CCOCC2)c1. The quantitative estimate of drug-likeness (QED) is 0.558. The van der Waals surface area contributed by atoms with E-state index in [2.05, 4.69) is 14.4 Å². The highest BCUT2D eigenvalue weighted by atomic mass is 32.2. The average molecular weight is 542 g/mol. The van der Waals surface area contributed by atoms with E-state index >= 15 is 0 Å². The summed E-state index contributed by atoms with van der Waals surface area (Å²) in [6.45, 7) is 2.68. The fourth-order valence-electron chi connectivity index (χ4n) is 4.63. The Balaban J connectivity index is 1.42. The maximum atomic E-state index is 13.5. The minimum absolute atomic E-state index is 0.0419. The lowest BCUT2D eigenvalue weighted by molar-refractivity contribution is -0.274. The number of nitrogens with one attached hydrogen (secondary N) is 1. The van der Waals surface area contributed by atoms with Crippen molar-refractivity contribution in [1.29, 1.82) is 0 Å². The van der Waals surface area contributed by atoms with Crippen LogP contribution >= 0.6 is 0 Å². The number of hydrogen-bond donors (Lipinski definition) is 1. The van der Waals surface area contributed by atoms with Crippen LogP contribution in [0, 0.1) is 5.92 Å². The molecule has 1 aromatic carbocycles. The molecule has 1 aromatic heterocycles. The number of hydrogen-bond acceptors (Lipinski definition) is 7. The maximum Gasteiger partial charge on any atom is 0.573 e. The molecule has 2 unspecified atom stereocenters. The Morgan fingerprint density at radius 3 is 2.35 bits per heavy atom. The van der Waals surface area contributed by atoms with Gasteiger partial charge in [-0.2, -0.15) is 12.7 Å². The van der Waals surface area contributed by atoms with E-state index in [4.69, 9.17) is 4.74 Å². The van der Waals surface area contributed by atoms with Crippen LogP contribution in [0.3, 0.4) is 0 Å². The molecule has 11 nitrogen and oxygen atoms in total. The number of ether oxygens (including phenoxy) is 2. The minimum Gasteiger partial charge on any atom is -0.406 e. The van der Waals surface area contributed by atoms with Crippen molar-refractivity contribution in [3.63, 3.8) is 0 Å². The predicted molar refractivity (Wildman–Crippen MR) is 124 cm³/mol. The number of urea groups is 1. The van der Waals surface area contributed by atoms with Crippen molar-refractivity contribution in [3.8, 4) is 5.75 Å². The molecule has 0 radical (unpaired) electrons.